The molecular weight excluding hydrogens is 361 g/mol. The van der Waals surface area contributed by atoms with Crippen LogP contribution in [0.25, 0.3) is 0 Å². The summed E-state index contributed by atoms with van der Waals surface area (Å²) in [5, 5.41) is 16.2. The highest BCUT2D eigenvalue weighted by Gasteiger charge is 2.21. The molecule has 0 saturated heterocycles. The van der Waals surface area contributed by atoms with Gasteiger partial charge in [0.15, 0.2) is 0 Å². The summed E-state index contributed by atoms with van der Waals surface area (Å²) in [6.45, 7) is 0.156. The van der Waals surface area contributed by atoms with E-state index in [9.17, 15) is 22.9 Å². The van der Waals surface area contributed by atoms with Crippen molar-refractivity contribution in [2.24, 2.45) is 5.14 Å². The van der Waals surface area contributed by atoms with Crippen molar-refractivity contribution in [2.75, 3.05) is 11.9 Å². The normalized spacial score (nSPS) is 11.3. The largest absolute Gasteiger partial charge is 0.365 e. The molecule has 0 atom stereocenters. The minimum absolute atomic E-state index is 0.0233. The SMILES string of the molecule is CN(Cc1ccc(Cl)c(F)c1)c1ccc(S(N)(=O)=O)cc1[N+](=O)[O-]. The molecule has 0 aliphatic carbocycles. The van der Waals surface area contributed by atoms with Gasteiger partial charge in [-0.1, -0.05) is 17.7 Å². The zero-order chi connectivity index (χ0) is 18.1. The number of nitro groups is 1. The zero-order valence-electron chi connectivity index (χ0n) is 12.4. The van der Waals surface area contributed by atoms with Crippen molar-refractivity contribution in [3.05, 3.63) is 62.9 Å². The lowest BCUT2D eigenvalue weighted by Gasteiger charge is -2.19. The quantitative estimate of drug-likeness (QED) is 0.640. The molecule has 0 aliphatic heterocycles. The number of nitrogens with zero attached hydrogens (tertiary/aromatic N) is 2. The molecule has 0 bridgehead atoms. The molecule has 0 aromatic heterocycles. The first-order valence-electron chi connectivity index (χ1n) is 6.56. The number of halogens is 2. The maximum absolute atomic E-state index is 13.5. The lowest BCUT2D eigenvalue weighted by atomic mass is 10.2. The highest BCUT2D eigenvalue weighted by Crippen LogP contribution is 2.31. The topological polar surface area (TPSA) is 107 Å². The second kappa shape index (κ2) is 6.71. The smallest absolute Gasteiger partial charge is 0.293 e. The molecule has 24 heavy (non-hydrogen) atoms. The number of rotatable bonds is 5. The molecule has 0 spiro atoms. The Morgan fingerprint density at radius 3 is 2.50 bits per heavy atom. The number of nitro benzene ring substituents is 1. The lowest BCUT2D eigenvalue weighted by molar-refractivity contribution is -0.384. The highest BCUT2D eigenvalue weighted by molar-refractivity contribution is 7.89. The third-order valence-corrected chi connectivity index (χ3v) is 4.50. The summed E-state index contributed by atoms with van der Waals surface area (Å²) in [7, 11) is -2.50. The van der Waals surface area contributed by atoms with Crippen LogP contribution in [0.15, 0.2) is 41.3 Å². The Balaban J connectivity index is 2.39. The van der Waals surface area contributed by atoms with Crippen molar-refractivity contribution in [2.45, 2.75) is 11.4 Å². The molecule has 0 saturated carbocycles. The van der Waals surface area contributed by atoms with Crippen LogP contribution in [-0.2, 0) is 16.6 Å². The maximum atomic E-state index is 13.5. The van der Waals surface area contributed by atoms with E-state index in [2.05, 4.69) is 0 Å². The minimum Gasteiger partial charge on any atom is -0.365 e. The molecular formula is C14H13ClFN3O4S. The first-order valence-corrected chi connectivity index (χ1v) is 8.48. The fourth-order valence-electron chi connectivity index (χ4n) is 2.15. The number of sulfonamides is 1. The van der Waals surface area contributed by atoms with Gasteiger partial charge in [-0.05, 0) is 29.8 Å². The fraction of sp³-hybridized carbons (Fsp3) is 0.143. The Kier molecular flexibility index (Phi) is 5.07. The Bertz CT molecular complexity index is 905. The number of anilines is 1. The molecule has 0 heterocycles. The van der Waals surface area contributed by atoms with Crippen LogP contribution >= 0.6 is 11.6 Å². The van der Waals surface area contributed by atoms with Crippen LogP contribution in [0.5, 0.6) is 0 Å². The van der Waals surface area contributed by atoms with Crippen LogP contribution in [0.1, 0.15) is 5.56 Å². The van der Waals surface area contributed by atoms with Crippen molar-refractivity contribution in [1.29, 1.82) is 0 Å². The molecule has 0 amide bonds. The van der Waals surface area contributed by atoms with Gasteiger partial charge in [0.25, 0.3) is 5.69 Å². The predicted octanol–water partition coefficient (Wildman–Crippen LogP) is 2.67. The Morgan fingerprint density at radius 2 is 1.96 bits per heavy atom. The first-order chi connectivity index (χ1) is 11.1. The van der Waals surface area contributed by atoms with Gasteiger partial charge in [0, 0.05) is 19.7 Å². The van der Waals surface area contributed by atoms with Crippen LogP contribution < -0.4 is 10.0 Å². The second-order valence-electron chi connectivity index (χ2n) is 5.06. The van der Waals surface area contributed by atoms with E-state index in [4.69, 9.17) is 16.7 Å². The van der Waals surface area contributed by atoms with Crippen LogP contribution in [-0.4, -0.2) is 20.4 Å². The van der Waals surface area contributed by atoms with E-state index >= 15 is 0 Å². The average molecular weight is 374 g/mol. The second-order valence-corrected chi connectivity index (χ2v) is 7.03. The van der Waals surface area contributed by atoms with Crippen molar-refractivity contribution >= 4 is 33.0 Å². The number of benzene rings is 2. The number of hydrogen-bond acceptors (Lipinski definition) is 5. The molecule has 0 aliphatic rings. The molecule has 128 valence electrons. The van der Waals surface area contributed by atoms with Gasteiger partial charge >= 0.3 is 0 Å². The molecule has 2 aromatic carbocycles. The van der Waals surface area contributed by atoms with Crippen molar-refractivity contribution in [3.63, 3.8) is 0 Å². The van der Waals surface area contributed by atoms with Crippen LogP contribution in [0, 0.1) is 15.9 Å². The van der Waals surface area contributed by atoms with E-state index in [1.807, 2.05) is 0 Å². The third-order valence-electron chi connectivity index (χ3n) is 3.29. The van der Waals surface area contributed by atoms with Gasteiger partial charge in [-0.25, -0.2) is 17.9 Å². The van der Waals surface area contributed by atoms with Crippen molar-refractivity contribution in [1.82, 2.24) is 0 Å². The molecule has 2 aromatic rings. The summed E-state index contributed by atoms with van der Waals surface area (Å²) in [5.74, 6) is -0.596. The average Bonchev–Trinajstić information content (AvgIpc) is 2.49. The van der Waals surface area contributed by atoms with Gasteiger partial charge in [0.2, 0.25) is 10.0 Å². The Morgan fingerprint density at radius 1 is 1.29 bits per heavy atom. The zero-order valence-corrected chi connectivity index (χ0v) is 14.0. The molecule has 7 nitrogen and oxygen atoms in total. The van der Waals surface area contributed by atoms with Gasteiger partial charge in [-0.2, -0.15) is 0 Å². The first kappa shape index (κ1) is 18.1. The predicted molar refractivity (Wildman–Crippen MR) is 88.0 cm³/mol. The van der Waals surface area contributed by atoms with Gasteiger partial charge in [-0.15, -0.1) is 0 Å². The Hall–Kier alpha value is -2.23. The number of primary sulfonamides is 1. The summed E-state index contributed by atoms with van der Waals surface area (Å²) in [6, 6.07) is 7.55. The van der Waals surface area contributed by atoms with Gasteiger partial charge in [0.05, 0.1) is 14.8 Å². The summed E-state index contributed by atoms with van der Waals surface area (Å²) < 4.78 is 36.2. The fourth-order valence-corrected chi connectivity index (χ4v) is 2.80. The third kappa shape index (κ3) is 3.99. The van der Waals surface area contributed by atoms with Gasteiger partial charge < -0.3 is 4.90 Å². The summed E-state index contributed by atoms with van der Waals surface area (Å²) in [5.41, 5.74) is 0.297. The molecule has 10 heteroatoms. The van der Waals surface area contributed by atoms with E-state index in [-0.39, 0.29) is 22.2 Å². The van der Waals surface area contributed by atoms with Crippen LogP contribution in [0.3, 0.4) is 0 Å². The molecule has 0 unspecified atom stereocenters. The van der Waals surface area contributed by atoms with E-state index in [0.29, 0.717) is 5.56 Å². The lowest BCUT2D eigenvalue weighted by Crippen LogP contribution is -2.19. The Labute approximate surface area is 142 Å². The standard InChI is InChI=1S/C14H13ClFN3O4S/c1-18(8-9-2-4-11(15)12(16)6-9)13-5-3-10(24(17,22)23)7-14(13)19(20)21/h2-7H,8H2,1H3,(H2,17,22,23). The summed E-state index contributed by atoms with van der Waals surface area (Å²) >= 11 is 5.61. The molecule has 2 N–H and O–H groups in total. The van der Waals surface area contributed by atoms with Gasteiger partial charge in [-0.3, -0.25) is 10.1 Å². The maximum Gasteiger partial charge on any atom is 0.293 e. The van der Waals surface area contributed by atoms with Gasteiger partial charge in [0.1, 0.15) is 11.5 Å². The van der Waals surface area contributed by atoms with E-state index in [1.165, 1.54) is 29.2 Å². The van der Waals surface area contributed by atoms with E-state index < -0.39 is 26.5 Å². The number of hydrogen-bond donors (Lipinski definition) is 1. The monoisotopic (exact) mass is 373 g/mol. The van der Waals surface area contributed by atoms with Crippen molar-refractivity contribution < 1.29 is 17.7 Å². The summed E-state index contributed by atoms with van der Waals surface area (Å²) in [4.78, 5) is 11.7. The minimum atomic E-state index is -4.06. The summed E-state index contributed by atoms with van der Waals surface area (Å²) in [6.07, 6.45) is 0. The van der Waals surface area contributed by atoms with E-state index in [1.54, 1.807) is 13.1 Å². The molecule has 0 fully saturated rings. The van der Waals surface area contributed by atoms with Crippen LogP contribution in [0.2, 0.25) is 5.02 Å². The van der Waals surface area contributed by atoms with Crippen molar-refractivity contribution in [3.8, 4) is 0 Å². The van der Waals surface area contributed by atoms with E-state index in [0.717, 1.165) is 6.07 Å². The molecule has 0 radical (unpaired) electrons. The number of nitrogens with two attached hydrogens (primary N) is 1. The molecule has 2 rings (SSSR count). The van der Waals surface area contributed by atoms with Crippen LogP contribution in [0.4, 0.5) is 15.8 Å². The highest BCUT2D eigenvalue weighted by atomic mass is 35.5.